The quantitative estimate of drug-likeness (QED) is 0.706. The monoisotopic (exact) mass is 270 g/mol. The molecule has 1 atom stereocenters. The van der Waals surface area contributed by atoms with Gasteiger partial charge in [-0.25, -0.2) is 0 Å². The highest BCUT2D eigenvalue weighted by atomic mass is 16.3. The van der Waals surface area contributed by atoms with Crippen molar-refractivity contribution in [2.45, 2.75) is 58.4 Å². The molecule has 4 heteroatoms. The van der Waals surface area contributed by atoms with Crippen LogP contribution in [0.25, 0.3) is 0 Å². The van der Waals surface area contributed by atoms with Crippen molar-refractivity contribution in [3.8, 4) is 0 Å². The molecule has 0 heterocycles. The number of carbonyl (C=O) groups excluding carboxylic acids is 1. The van der Waals surface area contributed by atoms with Crippen LogP contribution in [-0.4, -0.2) is 41.7 Å². The van der Waals surface area contributed by atoms with Crippen LogP contribution in [0.5, 0.6) is 0 Å². The summed E-state index contributed by atoms with van der Waals surface area (Å²) < 4.78 is 0. The molecule has 1 unspecified atom stereocenters. The highest BCUT2D eigenvalue weighted by Gasteiger charge is 2.27. The lowest BCUT2D eigenvalue weighted by molar-refractivity contribution is -0.135. The molecule has 1 amide bonds. The molecule has 0 aromatic carbocycles. The second kappa shape index (κ2) is 8.54. The van der Waals surface area contributed by atoms with Gasteiger partial charge in [-0.15, -0.1) is 0 Å². The standard InChI is InChI=1S/C15H30N2O2/c1-12(2)9-13(11-16)10-15(19)17(7-8-18)14-5-3-4-6-14/h12-14,18H,3-11,16H2,1-2H3. The summed E-state index contributed by atoms with van der Waals surface area (Å²) in [7, 11) is 0. The molecule has 1 rings (SSSR count). The van der Waals surface area contributed by atoms with Crippen LogP contribution in [0.15, 0.2) is 0 Å². The van der Waals surface area contributed by atoms with E-state index in [1.54, 1.807) is 0 Å². The third-order valence-corrected chi connectivity index (χ3v) is 4.03. The molecule has 0 radical (unpaired) electrons. The Bertz CT molecular complexity index is 263. The average molecular weight is 270 g/mol. The predicted molar refractivity (Wildman–Crippen MR) is 77.7 cm³/mol. The Morgan fingerprint density at radius 1 is 1.37 bits per heavy atom. The van der Waals surface area contributed by atoms with Crippen LogP contribution in [0.2, 0.25) is 0 Å². The van der Waals surface area contributed by atoms with Crippen molar-refractivity contribution in [2.24, 2.45) is 17.6 Å². The fourth-order valence-electron chi connectivity index (χ4n) is 3.13. The van der Waals surface area contributed by atoms with Crippen LogP contribution in [-0.2, 0) is 4.79 Å². The summed E-state index contributed by atoms with van der Waals surface area (Å²) in [4.78, 5) is 14.3. The zero-order valence-corrected chi connectivity index (χ0v) is 12.5. The van der Waals surface area contributed by atoms with E-state index in [1.807, 2.05) is 4.90 Å². The number of aliphatic hydroxyl groups excluding tert-OH is 1. The SMILES string of the molecule is CC(C)CC(CN)CC(=O)N(CCO)C1CCCC1. The molecule has 1 aliphatic carbocycles. The highest BCUT2D eigenvalue weighted by molar-refractivity contribution is 5.76. The first kappa shape index (κ1) is 16.4. The van der Waals surface area contributed by atoms with Crippen molar-refractivity contribution in [2.75, 3.05) is 19.7 Å². The topological polar surface area (TPSA) is 66.6 Å². The van der Waals surface area contributed by atoms with E-state index in [4.69, 9.17) is 10.8 Å². The number of amides is 1. The number of rotatable bonds is 8. The molecule has 1 saturated carbocycles. The van der Waals surface area contributed by atoms with Gasteiger partial charge in [-0.05, 0) is 37.6 Å². The van der Waals surface area contributed by atoms with Crippen molar-refractivity contribution in [1.82, 2.24) is 4.90 Å². The molecule has 4 nitrogen and oxygen atoms in total. The van der Waals surface area contributed by atoms with Gasteiger partial charge in [0.25, 0.3) is 0 Å². The first-order valence-electron chi connectivity index (χ1n) is 7.68. The molecular weight excluding hydrogens is 240 g/mol. The Balaban J connectivity index is 2.54. The first-order chi connectivity index (χ1) is 9.08. The summed E-state index contributed by atoms with van der Waals surface area (Å²) in [6.07, 6.45) is 6.11. The van der Waals surface area contributed by atoms with Gasteiger partial charge < -0.3 is 15.7 Å². The normalized spacial score (nSPS) is 17.9. The van der Waals surface area contributed by atoms with E-state index in [0.29, 0.717) is 31.5 Å². The molecule has 0 saturated heterocycles. The van der Waals surface area contributed by atoms with Gasteiger partial charge in [0.1, 0.15) is 0 Å². The van der Waals surface area contributed by atoms with Crippen LogP contribution in [0, 0.1) is 11.8 Å². The molecule has 1 aliphatic rings. The van der Waals surface area contributed by atoms with Gasteiger partial charge in [-0.2, -0.15) is 0 Å². The Kier molecular flexibility index (Phi) is 7.39. The highest BCUT2D eigenvalue weighted by Crippen LogP contribution is 2.25. The number of hydrogen-bond acceptors (Lipinski definition) is 3. The van der Waals surface area contributed by atoms with Gasteiger partial charge in [-0.1, -0.05) is 26.7 Å². The second-order valence-corrected chi connectivity index (χ2v) is 6.18. The molecular formula is C15H30N2O2. The van der Waals surface area contributed by atoms with Crippen LogP contribution in [0.3, 0.4) is 0 Å². The molecule has 0 spiro atoms. The molecule has 3 N–H and O–H groups in total. The van der Waals surface area contributed by atoms with Crippen LogP contribution >= 0.6 is 0 Å². The number of carbonyl (C=O) groups is 1. The van der Waals surface area contributed by atoms with Crippen molar-refractivity contribution < 1.29 is 9.90 Å². The Hall–Kier alpha value is -0.610. The summed E-state index contributed by atoms with van der Waals surface area (Å²) >= 11 is 0. The van der Waals surface area contributed by atoms with Gasteiger partial charge in [-0.3, -0.25) is 4.79 Å². The summed E-state index contributed by atoms with van der Waals surface area (Å²) in [5.74, 6) is 1.02. The van der Waals surface area contributed by atoms with Crippen molar-refractivity contribution in [3.63, 3.8) is 0 Å². The molecule has 112 valence electrons. The Labute approximate surface area is 117 Å². The van der Waals surface area contributed by atoms with Crippen molar-refractivity contribution >= 4 is 5.91 Å². The Morgan fingerprint density at radius 2 is 2.00 bits per heavy atom. The number of nitrogens with two attached hydrogens (primary N) is 1. The summed E-state index contributed by atoms with van der Waals surface area (Å²) in [5, 5.41) is 9.16. The number of nitrogens with zero attached hydrogens (tertiary/aromatic N) is 1. The van der Waals surface area contributed by atoms with Crippen LogP contribution < -0.4 is 5.73 Å². The zero-order valence-electron chi connectivity index (χ0n) is 12.5. The summed E-state index contributed by atoms with van der Waals surface area (Å²) in [5.41, 5.74) is 5.78. The minimum Gasteiger partial charge on any atom is -0.395 e. The van der Waals surface area contributed by atoms with Crippen LogP contribution in [0.1, 0.15) is 52.4 Å². The summed E-state index contributed by atoms with van der Waals surface area (Å²) in [6.45, 7) is 5.43. The predicted octanol–water partition coefficient (Wildman–Crippen LogP) is 1.76. The van der Waals surface area contributed by atoms with E-state index in [1.165, 1.54) is 12.8 Å². The van der Waals surface area contributed by atoms with E-state index in [2.05, 4.69) is 13.8 Å². The minimum absolute atomic E-state index is 0.0553. The largest absolute Gasteiger partial charge is 0.395 e. The maximum Gasteiger partial charge on any atom is 0.223 e. The van der Waals surface area contributed by atoms with Gasteiger partial charge in [0.15, 0.2) is 0 Å². The van der Waals surface area contributed by atoms with Crippen LogP contribution in [0.4, 0.5) is 0 Å². The third-order valence-electron chi connectivity index (χ3n) is 4.03. The fraction of sp³-hybridized carbons (Fsp3) is 0.933. The Morgan fingerprint density at radius 3 is 2.47 bits per heavy atom. The first-order valence-corrected chi connectivity index (χ1v) is 7.68. The smallest absolute Gasteiger partial charge is 0.223 e. The van der Waals surface area contributed by atoms with Gasteiger partial charge in [0.05, 0.1) is 6.61 Å². The number of hydrogen-bond donors (Lipinski definition) is 2. The molecule has 1 fully saturated rings. The molecule has 0 aromatic heterocycles. The summed E-state index contributed by atoms with van der Waals surface area (Å²) in [6, 6.07) is 0.345. The lowest BCUT2D eigenvalue weighted by atomic mass is 9.93. The molecule has 0 bridgehead atoms. The number of aliphatic hydroxyl groups is 1. The lowest BCUT2D eigenvalue weighted by Gasteiger charge is -2.30. The molecule has 0 aromatic rings. The minimum atomic E-state index is 0.0553. The maximum atomic E-state index is 12.4. The van der Waals surface area contributed by atoms with E-state index < -0.39 is 0 Å². The zero-order chi connectivity index (χ0) is 14.3. The van der Waals surface area contributed by atoms with E-state index in [9.17, 15) is 4.79 Å². The fourth-order valence-corrected chi connectivity index (χ4v) is 3.13. The lowest BCUT2D eigenvalue weighted by Crippen LogP contribution is -2.42. The molecule has 0 aliphatic heterocycles. The van der Waals surface area contributed by atoms with E-state index in [0.717, 1.165) is 19.3 Å². The van der Waals surface area contributed by atoms with Gasteiger partial charge >= 0.3 is 0 Å². The van der Waals surface area contributed by atoms with E-state index >= 15 is 0 Å². The second-order valence-electron chi connectivity index (χ2n) is 6.18. The van der Waals surface area contributed by atoms with Gasteiger partial charge in [0.2, 0.25) is 5.91 Å². The average Bonchev–Trinajstić information content (AvgIpc) is 2.87. The van der Waals surface area contributed by atoms with E-state index in [-0.39, 0.29) is 18.4 Å². The van der Waals surface area contributed by atoms with Gasteiger partial charge in [0, 0.05) is 19.0 Å². The third kappa shape index (κ3) is 5.49. The van der Waals surface area contributed by atoms with Crippen molar-refractivity contribution in [1.29, 1.82) is 0 Å². The maximum absolute atomic E-state index is 12.4. The van der Waals surface area contributed by atoms with Crippen molar-refractivity contribution in [3.05, 3.63) is 0 Å². The molecule has 19 heavy (non-hydrogen) atoms.